The monoisotopic (exact) mass is 276 g/mol. The van der Waals surface area contributed by atoms with Gasteiger partial charge >= 0.3 is 0 Å². The molecular weight excluding hydrogens is 256 g/mol. The van der Waals surface area contributed by atoms with Crippen LogP contribution in [0.3, 0.4) is 0 Å². The van der Waals surface area contributed by atoms with Crippen LogP contribution in [0.15, 0.2) is 24.3 Å². The maximum atomic E-state index is 12.0. The van der Waals surface area contributed by atoms with Crippen LogP contribution in [0, 0.1) is 0 Å². The Kier molecular flexibility index (Phi) is 4.87. The predicted octanol–water partition coefficient (Wildman–Crippen LogP) is 1.28. The number of amides is 1. The molecule has 20 heavy (non-hydrogen) atoms. The van der Waals surface area contributed by atoms with E-state index in [1.165, 1.54) is 6.92 Å². The van der Waals surface area contributed by atoms with E-state index in [1.807, 2.05) is 4.90 Å². The van der Waals surface area contributed by atoms with Gasteiger partial charge in [0.25, 0.3) is 0 Å². The van der Waals surface area contributed by atoms with Crippen molar-refractivity contribution >= 4 is 17.4 Å². The number of ketones is 1. The molecule has 0 radical (unpaired) electrons. The number of hydrogen-bond acceptors (Lipinski definition) is 4. The normalized spacial score (nSPS) is 19.0. The summed E-state index contributed by atoms with van der Waals surface area (Å²) in [6.07, 6.45) is 1.95. The third-order valence-electron chi connectivity index (χ3n) is 3.61. The van der Waals surface area contributed by atoms with Crippen LogP contribution in [0.25, 0.3) is 0 Å². The number of nitrogens with zero attached hydrogens (tertiary/aromatic N) is 1. The van der Waals surface area contributed by atoms with Crippen LogP contribution in [0.4, 0.5) is 5.69 Å². The van der Waals surface area contributed by atoms with Gasteiger partial charge in [-0.3, -0.25) is 14.5 Å². The summed E-state index contributed by atoms with van der Waals surface area (Å²) >= 11 is 0. The lowest BCUT2D eigenvalue weighted by Gasteiger charge is -2.21. The van der Waals surface area contributed by atoms with Crippen molar-refractivity contribution in [1.29, 1.82) is 0 Å². The highest BCUT2D eigenvalue weighted by atomic mass is 16.3. The summed E-state index contributed by atoms with van der Waals surface area (Å²) < 4.78 is 0. The Bertz CT molecular complexity index is 502. The summed E-state index contributed by atoms with van der Waals surface area (Å²) in [6, 6.07) is 6.99. The maximum Gasteiger partial charge on any atom is 0.238 e. The number of carbonyl (C=O) groups excluding carboxylic acids is 2. The Morgan fingerprint density at radius 3 is 2.95 bits per heavy atom. The molecule has 1 aromatic carbocycles. The van der Waals surface area contributed by atoms with Gasteiger partial charge in [-0.25, -0.2) is 0 Å². The zero-order valence-electron chi connectivity index (χ0n) is 11.6. The van der Waals surface area contributed by atoms with Gasteiger partial charge in [0.2, 0.25) is 5.91 Å². The molecule has 5 heteroatoms. The smallest absolute Gasteiger partial charge is 0.238 e. The van der Waals surface area contributed by atoms with Crippen molar-refractivity contribution in [2.75, 3.05) is 25.0 Å². The average Bonchev–Trinajstić information content (AvgIpc) is 2.86. The number of aliphatic hydroxyl groups is 1. The maximum absolute atomic E-state index is 12.0. The van der Waals surface area contributed by atoms with Crippen LogP contribution in [0.5, 0.6) is 0 Å². The molecule has 0 bridgehead atoms. The van der Waals surface area contributed by atoms with E-state index >= 15 is 0 Å². The minimum absolute atomic E-state index is 0.0269. The topological polar surface area (TPSA) is 69.6 Å². The van der Waals surface area contributed by atoms with Crippen LogP contribution in [0.1, 0.15) is 30.1 Å². The summed E-state index contributed by atoms with van der Waals surface area (Å²) in [4.78, 5) is 25.3. The number of likely N-dealkylation sites (tertiary alicyclic amines) is 1. The molecule has 0 aromatic heterocycles. The molecule has 1 heterocycles. The Labute approximate surface area is 118 Å². The molecule has 1 saturated heterocycles. The van der Waals surface area contributed by atoms with Crippen molar-refractivity contribution in [2.45, 2.75) is 25.8 Å². The Morgan fingerprint density at radius 1 is 1.45 bits per heavy atom. The molecule has 1 unspecified atom stereocenters. The molecule has 0 saturated carbocycles. The second-order valence-corrected chi connectivity index (χ2v) is 5.13. The van der Waals surface area contributed by atoms with E-state index in [0.29, 0.717) is 11.3 Å². The Balaban J connectivity index is 1.94. The number of hydrogen-bond donors (Lipinski definition) is 2. The molecule has 1 atom stereocenters. The first-order valence-electron chi connectivity index (χ1n) is 6.86. The minimum atomic E-state index is -0.119. The SMILES string of the molecule is CC(=O)c1cccc(NC(=O)CN2CCCC2CO)c1. The second kappa shape index (κ2) is 6.63. The number of nitrogens with one attached hydrogen (secondary N) is 1. The van der Waals surface area contributed by atoms with Crippen molar-refractivity contribution in [3.8, 4) is 0 Å². The van der Waals surface area contributed by atoms with Crippen molar-refractivity contribution in [3.63, 3.8) is 0 Å². The molecule has 1 aliphatic rings. The first-order chi connectivity index (χ1) is 9.60. The fourth-order valence-electron chi connectivity index (χ4n) is 2.51. The Hall–Kier alpha value is -1.72. The van der Waals surface area contributed by atoms with Gasteiger partial charge in [0.15, 0.2) is 5.78 Å². The van der Waals surface area contributed by atoms with E-state index in [9.17, 15) is 14.7 Å². The van der Waals surface area contributed by atoms with Gasteiger partial charge < -0.3 is 10.4 Å². The minimum Gasteiger partial charge on any atom is -0.395 e. The third kappa shape index (κ3) is 3.65. The van der Waals surface area contributed by atoms with Gasteiger partial charge in [0, 0.05) is 17.3 Å². The number of aliphatic hydroxyl groups excluding tert-OH is 1. The largest absolute Gasteiger partial charge is 0.395 e. The third-order valence-corrected chi connectivity index (χ3v) is 3.61. The number of Topliss-reactive ketones (excluding diaryl/α,β-unsaturated/α-hetero) is 1. The lowest BCUT2D eigenvalue weighted by Crippen LogP contribution is -2.38. The predicted molar refractivity (Wildman–Crippen MR) is 76.8 cm³/mol. The van der Waals surface area contributed by atoms with E-state index < -0.39 is 0 Å². The molecule has 1 amide bonds. The highest BCUT2D eigenvalue weighted by molar-refractivity contribution is 5.97. The van der Waals surface area contributed by atoms with Crippen molar-refractivity contribution in [3.05, 3.63) is 29.8 Å². The van der Waals surface area contributed by atoms with E-state index in [-0.39, 0.29) is 30.9 Å². The molecule has 2 N–H and O–H groups in total. The molecule has 0 spiro atoms. The summed E-state index contributed by atoms with van der Waals surface area (Å²) in [7, 11) is 0. The summed E-state index contributed by atoms with van der Waals surface area (Å²) in [5.74, 6) is -0.146. The highest BCUT2D eigenvalue weighted by Gasteiger charge is 2.25. The van der Waals surface area contributed by atoms with E-state index in [2.05, 4.69) is 5.32 Å². The Morgan fingerprint density at radius 2 is 2.25 bits per heavy atom. The molecule has 1 aromatic rings. The summed E-state index contributed by atoms with van der Waals surface area (Å²) in [5.41, 5.74) is 1.21. The zero-order valence-corrected chi connectivity index (χ0v) is 11.6. The van der Waals surface area contributed by atoms with Crippen LogP contribution in [0.2, 0.25) is 0 Å². The molecule has 0 aliphatic carbocycles. The first kappa shape index (κ1) is 14.7. The van der Waals surface area contributed by atoms with Crippen molar-refractivity contribution < 1.29 is 14.7 Å². The van der Waals surface area contributed by atoms with Gasteiger partial charge in [-0.15, -0.1) is 0 Å². The molecule has 1 fully saturated rings. The molecule has 2 rings (SSSR count). The fourth-order valence-corrected chi connectivity index (χ4v) is 2.51. The number of carbonyl (C=O) groups is 2. The fraction of sp³-hybridized carbons (Fsp3) is 0.467. The second-order valence-electron chi connectivity index (χ2n) is 5.13. The molecular formula is C15H20N2O3. The lowest BCUT2D eigenvalue weighted by atomic mass is 10.1. The first-order valence-corrected chi connectivity index (χ1v) is 6.86. The average molecular weight is 276 g/mol. The number of benzene rings is 1. The van der Waals surface area contributed by atoms with Gasteiger partial charge in [0.1, 0.15) is 0 Å². The van der Waals surface area contributed by atoms with Crippen LogP contribution >= 0.6 is 0 Å². The zero-order chi connectivity index (χ0) is 14.5. The van der Waals surface area contributed by atoms with Crippen LogP contribution in [-0.4, -0.2) is 47.4 Å². The quantitative estimate of drug-likeness (QED) is 0.795. The number of rotatable bonds is 5. The van der Waals surface area contributed by atoms with Crippen LogP contribution < -0.4 is 5.32 Å². The molecule has 1 aliphatic heterocycles. The van der Waals surface area contributed by atoms with Crippen LogP contribution in [-0.2, 0) is 4.79 Å². The summed E-state index contributed by atoms with van der Waals surface area (Å²) in [6.45, 7) is 2.70. The summed E-state index contributed by atoms with van der Waals surface area (Å²) in [5, 5.41) is 12.0. The van der Waals surface area contributed by atoms with E-state index in [1.54, 1.807) is 24.3 Å². The van der Waals surface area contributed by atoms with Gasteiger partial charge in [-0.05, 0) is 38.4 Å². The molecule has 108 valence electrons. The van der Waals surface area contributed by atoms with E-state index in [4.69, 9.17) is 0 Å². The highest BCUT2D eigenvalue weighted by Crippen LogP contribution is 2.17. The molecule has 5 nitrogen and oxygen atoms in total. The van der Waals surface area contributed by atoms with Gasteiger partial charge in [-0.2, -0.15) is 0 Å². The van der Waals surface area contributed by atoms with Crippen molar-refractivity contribution in [1.82, 2.24) is 4.90 Å². The standard InChI is InChI=1S/C15H20N2O3/c1-11(19)12-4-2-5-13(8-12)16-15(20)9-17-7-3-6-14(17)10-18/h2,4-5,8,14,18H,3,6-7,9-10H2,1H3,(H,16,20). The van der Waals surface area contributed by atoms with Gasteiger partial charge in [0.05, 0.1) is 13.2 Å². The van der Waals surface area contributed by atoms with E-state index in [0.717, 1.165) is 19.4 Å². The lowest BCUT2D eigenvalue weighted by molar-refractivity contribution is -0.117. The van der Waals surface area contributed by atoms with Gasteiger partial charge in [-0.1, -0.05) is 12.1 Å². The van der Waals surface area contributed by atoms with Crippen molar-refractivity contribution in [2.24, 2.45) is 0 Å². The number of anilines is 1.